The number of rotatable bonds is 7. The van der Waals surface area contributed by atoms with Gasteiger partial charge in [0.15, 0.2) is 0 Å². The van der Waals surface area contributed by atoms with Crippen molar-refractivity contribution in [3.8, 4) is 17.1 Å². The first-order valence-corrected chi connectivity index (χ1v) is 9.78. The number of nitrogens with one attached hydrogen (secondary N) is 1. The minimum atomic E-state index is 0.548. The Balaban J connectivity index is 1.74. The van der Waals surface area contributed by atoms with Gasteiger partial charge in [0, 0.05) is 23.9 Å². The highest BCUT2D eigenvalue weighted by molar-refractivity contribution is 5.88. The van der Waals surface area contributed by atoms with Gasteiger partial charge < -0.3 is 14.6 Å². The van der Waals surface area contributed by atoms with E-state index >= 15 is 0 Å². The molecule has 148 valence electrons. The SMILES string of the molecule is CCCc1nc(-c2cc3cc(C)ccc3nc2NCc2ccccc2OC)no1. The van der Waals surface area contributed by atoms with Gasteiger partial charge in [0.2, 0.25) is 11.7 Å². The van der Waals surface area contributed by atoms with Crippen LogP contribution in [0.15, 0.2) is 53.1 Å². The molecule has 0 saturated carbocycles. The van der Waals surface area contributed by atoms with Gasteiger partial charge in [-0.15, -0.1) is 0 Å². The standard InChI is InChI=1S/C23H24N4O2/c1-4-7-21-26-23(27-29-21)18-13-17-12-15(2)10-11-19(17)25-22(18)24-14-16-8-5-6-9-20(16)28-3/h5-6,8-13H,4,7,14H2,1-3H3,(H,24,25). The van der Waals surface area contributed by atoms with Crippen molar-refractivity contribution in [1.82, 2.24) is 15.1 Å². The monoisotopic (exact) mass is 388 g/mol. The van der Waals surface area contributed by atoms with Crippen LogP contribution in [0.4, 0.5) is 5.82 Å². The van der Waals surface area contributed by atoms with E-state index in [1.54, 1.807) is 7.11 Å². The number of methoxy groups -OCH3 is 1. The number of nitrogens with zero attached hydrogens (tertiary/aromatic N) is 3. The van der Waals surface area contributed by atoms with E-state index in [-0.39, 0.29) is 0 Å². The summed E-state index contributed by atoms with van der Waals surface area (Å²) in [5.74, 6) is 2.74. The van der Waals surface area contributed by atoms with Crippen molar-refractivity contribution in [2.75, 3.05) is 12.4 Å². The molecule has 6 heteroatoms. The summed E-state index contributed by atoms with van der Waals surface area (Å²) in [4.78, 5) is 9.41. The summed E-state index contributed by atoms with van der Waals surface area (Å²) in [5.41, 5.74) is 3.97. The molecule has 4 aromatic rings. The molecule has 6 nitrogen and oxygen atoms in total. The van der Waals surface area contributed by atoms with Gasteiger partial charge in [0.1, 0.15) is 11.6 Å². The molecule has 0 radical (unpaired) electrons. The first kappa shape index (κ1) is 18.9. The third kappa shape index (κ3) is 4.06. The van der Waals surface area contributed by atoms with E-state index in [4.69, 9.17) is 14.2 Å². The van der Waals surface area contributed by atoms with Crippen LogP contribution in [0.3, 0.4) is 0 Å². The number of para-hydroxylation sites is 1. The second-order valence-corrected chi connectivity index (χ2v) is 7.01. The van der Waals surface area contributed by atoms with Gasteiger partial charge in [-0.1, -0.05) is 41.9 Å². The molecule has 0 fully saturated rings. The molecule has 0 unspecified atom stereocenters. The molecule has 0 amide bonds. The summed E-state index contributed by atoms with van der Waals surface area (Å²) < 4.78 is 10.9. The third-order valence-corrected chi connectivity index (χ3v) is 4.78. The molecule has 0 aliphatic carbocycles. The maximum atomic E-state index is 5.46. The van der Waals surface area contributed by atoms with Gasteiger partial charge in [-0.3, -0.25) is 0 Å². The number of aryl methyl sites for hydroxylation is 2. The number of ether oxygens (including phenoxy) is 1. The maximum absolute atomic E-state index is 5.46. The fraction of sp³-hybridized carbons (Fsp3) is 0.261. The smallest absolute Gasteiger partial charge is 0.226 e. The summed E-state index contributed by atoms with van der Waals surface area (Å²) in [6.07, 6.45) is 1.72. The summed E-state index contributed by atoms with van der Waals surface area (Å²) in [6, 6.07) is 16.2. The summed E-state index contributed by atoms with van der Waals surface area (Å²) in [6.45, 7) is 4.73. The average molecular weight is 388 g/mol. The van der Waals surface area contributed by atoms with Crippen molar-refractivity contribution in [2.24, 2.45) is 0 Å². The average Bonchev–Trinajstić information content (AvgIpc) is 3.20. The highest BCUT2D eigenvalue weighted by Gasteiger charge is 2.16. The van der Waals surface area contributed by atoms with Crippen molar-refractivity contribution in [3.05, 3.63) is 65.5 Å². The minimum absolute atomic E-state index is 0.548. The Morgan fingerprint density at radius 3 is 2.76 bits per heavy atom. The van der Waals surface area contributed by atoms with Crippen LogP contribution in [0.25, 0.3) is 22.3 Å². The van der Waals surface area contributed by atoms with Crippen molar-refractivity contribution < 1.29 is 9.26 Å². The van der Waals surface area contributed by atoms with Crippen LogP contribution in [-0.2, 0) is 13.0 Å². The maximum Gasteiger partial charge on any atom is 0.226 e. The lowest BCUT2D eigenvalue weighted by Crippen LogP contribution is -2.05. The van der Waals surface area contributed by atoms with E-state index in [0.717, 1.165) is 46.4 Å². The highest BCUT2D eigenvalue weighted by Crippen LogP contribution is 2.30. The Kier molecular flexibility index (Phi) is 5.42. The van der Waals surface area contributed by atoms with E-state index in [1.807, 2.05) is 30.3 Å². The molecule has 2 aromatic heterocycles. The normalized spacial score (nSPS) is 11.0. The van der Waals surface area contributed by atoms with E-state index in [2.05, 4.69) is 47.5 Å². The number of anilines is 1. The lowest BCUT2D eigenvalue weighted by Gasteiger charge is -2.13. The van der Waals surface area contributed by atoms with Gasteiger partial charge >= 0.3 is 0 Å². The van der Waals surface area contributed by atoms with Crippen LogP contribution < -0.4 is 10.1 Å². The minimum Gasteiger partial charge on any atom is -0.496 e. The van der Waals surface area contributed by atoms with Crippen molar-refractivity contribution in [1.29, 1.82) is 0 Å². The van der Waals surface area contributed by atoms with Crippen molar-refractivity contribution >= 4 is 16.7 Å². The fourth-order valence-corrected chi connectivity index (χ4v) is 3.31. The number of fused-ring (bicyclic) bond motifs is 1. The van der Waals surface area contributed by atoms with Crippen LogP contribution in [-0.4, -0.2) is 22.2 Å². The lowest BCUT2D eigenvalue weighted by molar-refractivity contribution is 0.378. The van der Waals surface area contributed by atoms with E-state index in [9.17, 15) is 0 Å². The number of hydrogen-bond acceptors (Lipinski definition) is 6. The Hall–Kier alpha value is -3.41. The molecule has 1 N–H and O–H groups in total. The lowest BCUT2D eigenvalue weighted by atomic mass is 10.1. The molecular formula is C23H24N4O2. The van der Waals surface area contributed by atoms with Crippen LogP contribution in [0.2, 0.25) is 0 Å². The zero-order chi connectivity index (χ0) is 20.2. The first-order chi connectivity index (χ1) is 14.2. The van der Waals surface area contributed by atoms with Gasteiger partial charge in [0.05, 0.1) is 18.2 Å². The molecule has 0 saturated heterocycles. The Morgan fingerprint density at radius 2 is 1.93 bits per heavy atom. The number of benzene rings is 2. The largest absolute Gasteiger partial charge is 0.496 e. The summed E-state index contributed by atoms with van der Waals surface area (Å²) >= 11 is 0. The Labute approximate surface area is 169 Å². The molecule has 0 spiro atoms. The van der Waals surface area contributed by atoms with Crippen LogP contribution in [0, 0.1) is 6.92 Å². The molecule has 0 atom stereocenters. The highest BCUT2D eigenvalue weighted by atomic mass is 16.5. The quantitative estimate of drug-likeness (QED) is 0.471. The predicted octanol–water partition coefficient (Wildman–Crippen LogP) is 5.17. The number of pyridine rings is 1. The van der Waals surface area contributed by atoms with E-state index < -0.39 is 0 Å². The van der Waals surface area contributed by atoms with Crippen molar-refractivity contribution in [3.63, 3.8) is 0 Å². The van der Waals surface area contributed by atoms with E-state index in [1.165, 1.54) is 5.56 Å². The molecule has 0 bridgehead atoms. The Bertz CT molecular complexity index is 1140. The number of hydrogen-bond donors (Lipinski definition) is 1. The van der Waals surface area contributed by atoms with Gasteiger partial charge in [-0.25, -0.2) is 4.98 Å². The molecule has 4 rings (SSSR count). The van der Waals surface area contributed by atoms with Crippen molar-refractivity contribution in [2.45, 2.75) is 33.2 Å². The summed E-state index contributed by atoms with van der Waals surface area (Å²) in [5, 5.41) is 8.68. The van der Waals surface area contributed by atoms with Crippen LogP contribution in [0.1, 0.15) is 30.4 Å². The molecule has 0 aliphatic heterocycles. The van der Waals surface area contributed by atoms with E-state index in [0.29, 0.717) is 18.3 Å². The molecule has 29 heavy (non-hydrogen) atoms. The fourth-order valence-electron chi connectivity index (χ4n) is 3.31. The topological polar surface area (TPSA) is 73.1 Å². The molecule has 2 heterocycles. The summed E-state index contributed by atoms with van der Waals surface area (Å²) in [7, 11) is 1.68. The second kappa shape index (κ2) is 8.31. The molecule has 2 aromatic carbocycles. The van der Waals surface area contributed by atoms with Crippen LogP contribution in [0.5, 0.6) is 5.75 Å². The van der Waals surface area contributed by atoms with Gasteiger partial charge in [-0.05, 0) is 37.6 Å². The molecule has 0 aliphatic rings. The zero-order valence-corrected chi connectivity index (χ0v) is 16.9. The van der Waals surface area contributed by atoms with Crippen LogP contribution >= 0.6 is 0 Å². The van der Waals surface area contributed by atoms with Gasteiger partial charge in [0.25, 0.3) is 0 Å². The second-order valence-electron chi connectivity index (χ2n) is 7.01. The predicted molar refractivity (Wildman–Crippen MR) is 114 cm³/mol. The first-order valence-electron chi connectivity index (χ1n) is 9.78. The Morgan fingerprint density at radius 1 is 1.07 bits per heavy atom. The number of aromatic nitrogens is 3. The molecular weight excluding hydrogens is 364 g/mol. The zero-order valence-electron chi connectivity index (χ0n) is 16.9. The third-order valence-electron chi connectivity index (χ3n) is 4.78. The van der Waals surface area contributed by atoms with Gasteiger partial charge in [-0.2, -0.15) is 4.98 Å².